The SMILES string of the molecule is CCOc1ccc2nc(N3CCC[C@H](C(=O)Nc4ccc(CN5CCC(C)CC5)cc4)C3)sc2c1. The van der Waals surface area contributed by atoms with Crippen molar-refractivity contribution in [1.29, 1.82) is 0 Å². The van der Waals surface area contributed by atoms with Gasteiger partial charge >= 0.3 is 0 Å². The van der Waals surface area contributed by atoms with Crippen LogP contribution in [0, 0.1) is 11.8 Å². The van der Waals surface area contributed by atoms with Crippen LogP contribution in [0.1, 0.15) is 45.1 Å². The summed E-state index contributed by atoms with van der Waals surface area (Å²) in [5.74, 6) is 1.79. The molecule has 6 nitrogen and oxygen atoms in total. The molecule has 0 spiro atoms. The van der Waals surface area contributed by atoms with E-state index in [2.05, 4.69) is 40.2 Å². The van der Waals surface area contributed by atoms with Crippen molar-refractivity contribution < 1.29 is 9.53 Å². The monoisotopic (exact) mass is 492 g/mol. The van der Waals surface area contributed by atoms with E-state index < -0.39 is 0 Å². The van der Waals surface area contributed by atoms with Gasteiger partial charge in [-0.25, -0.2) is 4.98 Å². The average molecular weight is 493 g/mol. The smallest absolute Gasteiger partial charge is 0.229 e. The second-order valence-corrected chi connectivity index (χ2v) is 11.0. The first-order valence-corrected chi connectivity index (χ1v) is 13.8. The molecule has 5 rings (SSSR count). The Balaban J connectivity index is 1.17. The largest absolute Gasteiger partial charge is 0.494 e. The zero-order chi connectivity index (χ0) is 24.2. The Bertz CT molecular complexity index is 1140. The first kappa shape index (κ1) is 24.1. The molecule has 3 aromatic rings. The molecule has 1 aromatic heterocycles. The van der Waals surface area contributed by atoms with Crippen LogP contribution < -0.4 is 15.0 Å². The number of anilines is 2. The van der Waals surface area contributed by atoms with Crippen molar-refractivity contribution in [3.63, 3.8) is 0 Å². The zero-order valence-corrected chi connectivity index (χ0v) is 21.7. The number of benzene rings is 2. The van der Waals surface area contributed by atoms with Crippen LogP contribution >= 0.6 is 11.3 Å². The lowest BCUT2D eigenvalue weighted by atomic mass is 9.97. The molecule has 0 aliphatic carbocycles. The van der Waals surface area contributed by atoms with Crippen LogP contribution in [-0.2, 0) is 11.3 Å². The fourth-order valence-electron chi connectivity index (χ4n) is 5.07. The third-order valence-electron chi connectivity index (χ3n) is 7.23. The number of thiazole rings is 1. The van der Waals surface area contributed by atoms with Gasteiger partial charge in [-0.3, -0.25) is 9.69 Å². The van der Waals surface area contributed by atoms with E-state index in [-0.39, 0.29) is 11.8 Å². The standard InChI is InChI=1S/C28H36N4O2S/c1-3-34-24-10-11-25-26(17-24)35-28(30-25)32-14-4-5-22(19-32)27(33)29-23-8-6-21(7-9-23)18-31-15-12-20(2)13-16-31/h6-11,17,20,22H,3-5,12-16,18-19H2,1-2H3,(H,29,33)/t22-/m0/s1. The van der Waals surface area contributed by atoms with E-state index in [9.17, 15) is 4.79 Å². The molecule has 2 aliphatic heterocycles. The number of nitrogens with one attached hydrogen (secondary N) is 1. The van der Waals surface area contributed by atoms with Crippen LogP contribution in [-0.4, -0.2) is 48.6 Å². The average Bonchev–Trinajstić information content (AvgIpc) is 3.30. The maximum absolute atomic E-state index is 13.1. The van der Waals surface area contributed by atoms with Gasteiger partial charge in [-0.2, -0.15) is 0 Å². The molecule has 2 fully saturated rings. The van der Waals surface area contributed by atoms with E-state index in [0.717, 1.165) is 58.6 Å². The van der Waals surface area contributed by atoms with E-state index in [1.807, 2.05) is 31.2 Å². The van der Waals surface area contributed by atoms with E-state index in [4.69, 9.17) is 9.72 Å². The molecule has 2 saturated heterocycles. The summed E-state index contributed by atoms with van der Waals surface area (Å²) in [7, 11) is 0. The van der Waals surface area contributed by atoms with Crippen LogP contribution in [0.3, 0.4) is 0 Å². The minimum Gasteiger partial charge on any atom is -0.494 e. The summed E-state index contributed by atoms with van der Waals surface area (Å²) in [6.45, 7) is 9.98. The van der Waals surface area contributed by atoms with Crippen LogP contribution in [0.25, 0.3) is 10.2 Å². The highest BCUT2D eigenvalue weighted by molar-refractivity contribution is 7.22. The molecule has 2 aliphatic rings. The summed E-state index contributed by atoms with van der Waals surface area (Å²) in [5, 5.41) is 4.14. The van der Waals surface area contributed by atoms with Gasteiger partial charge < -0.3 is 15.0 Å². The molecule has 2 aromatic carbocycles. The second kappa shape index (κ2) is 11.0. The van der Waals surface area contributed by atoms with Gasteiger partial charge in [-0.1, -0.05) is 30.4 Å². The van der Waals surface area contributed by atoms with Gasteiger partial charge in [-0.15, -0.1) is 0 Å². The normalized spacial score (nSPS) is 19.7. The predicted octanol–water partition coefficient (Wildman–Crippen LogP) is 5.78. The highest BCUT2D eigenvalue weighted by Crippen LogP contribution is 2.34. The Morgan fingerprint density at radius 3 is 2.69 bits per heavy atom. The van der Waals surface area contributed by atoms with Crippen molar-refractivity contribution >= 4 is 38.3 Å². The molecule has 0 radical (unpaired) electrons. The molecule has 3 heterocycles. The number of likely N-dealkylation sites (tertiary alicyclic amines) is 1. The van der Waals surface area contributed by atoms with Crippen LogP contribution in [0.4, 0.5) is 10.8 Å². The van der Waals surface area contributed by atoms with Gasteiger partial charge in [0.15, 0.2) is 5.13 Å². The molecule has 1 atom stereocenters. The number of amides is 1. The number of carbonyl (C=O) groups is 1. The van der Waals surface area contributed by atoms with Crippen molar-refractivity contribution in [2.24, 2.45) is 11.8 Å². The van der Waals surface area contributed by atoms with Gasteiger partial charge in [0.1, 0.15) is 5.75 Å². The minimum atomic E-state index is -0.0373. The lowest BCUT2D eigenvalue weighted by Gasteiger charge is -2.31. The first-order chi connectivity index (χ1) is 17.1. The summed E-state index contributed by atoms with van der Waals surface area (Å²) in [4.78, 5) is 22.7. The van der Waals surface area contributed by atoms with Gasteiger partial charge in [0, 0.05) is 25.3 Å². The Morgan fingerprint density at radius 2 is 1.91 bits per heavy atom. The van der Waals surface area contributed by atoms with Crippen LogP contribution in [0.5, 0.6) is 5.75 Å². The quantitative estimate of drug-likeness (QED) is 0.453. The highest BCUT2D eigenvalue weighted by atomic mass is 32.1. The number of aromatic nitrogens is 1. The predicted molar refractivity (Wildman–Crippen MR) is 144 cm³/mol. The summed E-state index contributed by atoms with van der Waals surface area (Å²) < 4.78 is 6.75. The van der Waals surface area contributed by atoms with Crippen molar-refractivity contribution in [2.45, 2.75) is 46.1 Å². The second-order valence-electron chi connectivity index (χ2n) is 9.99. The molecule has 186 valence electrons. The third-order valence-corrected chi connectivity index (χ3v) is 8.31. The van der Waals surface area contributed by atoms with E-state index in [1.54, 1.807) is 11.3 Å². The van der Waals surface area contributed by atoms with E-state index in [0.29, 0.717) is 13.2 Å². The zero-order valence-electron chi connectivity index (χ0n) is 20.8. The fourth-order valence-corrected chi connectivity index (χ4v) is 6.09. The summed E-state index contributed by atoms with van der Waals surface area (Å²) >= 11 is 1.68. The summed E-state index contributed by atoms with van der Waals surface area (Å²) in [6, 6.07) is 14.4. The molecular weight excluding hydrogens is 456 g/mol. The van der Waals surface area contributed by atoms with Crippen molar-refractivity contribution in [1.82, 2.24) is 9.88 Å². The Labute approximate surface area is 212 Å². The molecule has 0 unspecified atom stereocenters. The first-order valence-electron chi connectivity index (χ1n) is 13.0. The number of fused-ring (bicyclic) bond motifs is 1. The Kier molecular flexibility index (Phi) is 7.54. The molecule has 7 heteroatoms. The van der Waals surface area contributed by atoms with Gasteiger partial charge in [0.05, 0.1) is 22.7 Å². The van der Waals surface area contributed by atoms with Crippen LogP contribution in [0.15, 0.2) is 42.5 Å². The Morgan fingerprint density at radius 1 is 1.11 bits per heavy atom. The van der Waals surface area contributed by atoms with Crippen molar-refractivity contribution in [3.8, 4) is 5.75 Å². The molecule has 0 bridgehead atoms. The maximum atomic E-state index is 13.1. The van der Waals surface area contributed by atoms with E-state index >= 15 is 0 Å². The van der Waals surface area contributed by atoms with Gasteiger partial charge in [-0.05, 0) is 87.5 Å². The van der Waals surface area contributed by atoms with Gasteiger partial charge in [0.2, 0.25) is 5.91 Å². The molecule has 0 saturated carbocycles. The molecular formula is C28H36N4O2S. The number of carbonyl (C=O) groups excluding carboxylic acids is 1. The fraction of sp³-hybridized carbons (Fsp3) is 0.500. The topological polar surface area (TPSA) is 57.7 Å². The summed E-state index contributed by atoms with van der Waals surface area (Å²) in [6.07, 6.45) is 4.48. The number of rotatable bonds is 7. The van der Waals surface area contributed by atoms with E-state index in [1.165, 1.54) is 31.5 Å². The number of hydrogen-bond donors (Lipinski definition) is 1. The maximum Gasteiger partial charge on any atom is 0.229 e. The summed E-state index contributed by atoms with van der Waals surface area (Å²) in [5.41, 5.74) is 3.18. The number of nitrogens with zero attached hydrogens (tertiary/aromatic N) is 3. The molecule has 1 amide bonds. The lowest BCUT2D eigenvalue weighted by Crippen LogP contribution is -2.40. The van der Waals surface area contributed by atoms with Crippen molar-refractivity contribution in [2.75, 3.05) is 43.0 Å². The lowest BCUT2D eigenvalue weighted by molar-refractivity contribution is -0.120. The van der Waals surface area contributed by atoms with Crippen molar-refractivity contribution in [3.05, 3.63) is 48.0 Å². The minimum absolute atomic E-state index is 0.0373. The molecule has 35 heavy (non-hydrogen) atoms. The third kappa shape index (κ3) is 5.96. The number of piperidine rings is 2. The number of hydrogen-bond acceptors (Lipinski definition) is 6. The van der Waals surface area contributed by atoms with Crippen LogP contribution in [0.2, 0.25) is 0 Å². The van der Waals surface area contributed by atoms with Gasteiger partial charge in [0.25, 0.3) is 0 Å². The number of ether oxygens (including phenoxy) is 1. The molecule has 1 N–H and O–H groups in total. The highest BCUT2D eigenvalue weighted by Gasteiger charge is 2.27. The Hall–Kier alpha value is -2.64.